The van der Waals surface area contributed by atoms with Crippen LogP contribution in [-0.2, 0) is 0 Å². The minimum Gasteiger partial charge on any atom is -0.477 e. The Hall–Kier alpha value is -2.15. The fraction of sp³-hybridized carbons (Fsp3) is 0.364. The van der Waals surface area contributed by atoms with E-state index >= 15 is 0 Å². The van der Waals surface area contributed by atoms with Crippen molar-refractivity contribution in [2.75, 3.05) is 11.9 Å². The first-order chi connectivity index (χ1) is 8.20. The Morgan fingerprint density at radius 1 is 1.50 bits per heavy atom. The molecule has 0 heterocycles. The maximum atomic E-state index is 10.8. The molecular formula is C11H14N2O5. The number of nitrogens with zero attached hydrogens (tertiary/aromatic N) is 1. The molecule has 0 aromatic heterocycles. The van der Waals surface area contributed by atoms with Crippen LogP contribution < -0.4 is 5.32 Å². The zero-order chi connectivity index (χ0) is 13.9. The summed E-state index contributed by atoms with van der Waals surface area (Å²) in [6.45, 7) is 3.36. The number of carboxylic acid groups (broad SMARTS) is 1. The van der Waals surface area contributed by atoms with E-state index in [0.717, 1.165) is 12.1 Å². The molecule has 98 valence electrons. The minimum absolute atomic E-state index is 0.191. The fourth-order valence-electron chi connectivity index (χ4n) is 1.29. The molecule has 0 atom stereocenters. The Kier molecular flexibility index (Phi) is 3.87. The number of nitro benzene ring substituents is 1. The van der Waals surface area contributed by atoms with Gasteiger partial charge in [-0.2, -0.15) is 0 Å². The number of nitrogens with one attached hydrogen (secondary N) is 1. The maximum absolute atomic E-state index is 10.8. The smallest absolute Gasteiger partial charge is 0.342 e. The average molecular weight is 254 g/mol. The summed E-state index contributed by atoms with van der Waals surface area (Å²) in [5.41, 5.74) is -1.44. The third kappa shape index (κ3) is 3.70. The van der Waals surface area contributed by atoms with Crippen LogP contribution >= 0.6 is 0 Å². The number of carboxylic acids is 1. The van der Waals surface area contributed by atoms with Crippen molar-refractivity contribution in [3.8, 4) is 0 Å². The van der Waals surface area contributed by atoms with Crippen LogP contribution in [0.3, 0.4) is 0 Å². The number of nitro groups is 1. The summed E-state index contributed by atoms with van der Waals surface area (Å²) in [4.78, 5) is 20.8. The molecule has 0 saturated carbocycles. The van der Waals surface area contributed by atoms with Gasteiger partial charge in [-0.3, -0.25) is 10.1 Å². The van der Waals surface area contributed by atoms with Crippen LogP contribution in [0.5, 0.6) is 0 Å². The van der Waals surface area contributed by atoms with E-state index in [1.807, 2.05) is 0 Å². The van der Waals surface area contributed by atoms with Gasteiger partial charge in [-0.25, -0.2) is 4.79 Å². The van der Waals surface area contributed by atoms with E-state index in [-0.39, 0.29) is 12.1 Å². The second kappa shape index (κ2) is 5.01. The molecule has 0 fully saturated rings. The Bertz CT molecular complexity index is 479. The third-order valence-electron chi connectivity index (χ3n) is 2.15. The predicted molar refractivity (Wildman–Crippen MR) is 64.8 cm³/mol. The molecule has 3 N–H and O–H groups in total. The van der Waals surface area contributed by atoms with E-state index in [4.69, 9.17) is 5.11 Å². The highest BCUT2D eigenvalue weighted by Crippen LogP contribution is 2.23. The lowest BCUT2D eigenvalue weighted by Crippen LogP contribution is -2.29. The highest BCUT2D eigenvalue weighted by Gasteiger charge is 2.20. The molecule has 0 aliphatic rings. The SMILES string of the molecule is CC(C)(O)CNc1ccc(C(=O)O)c([N+](=O)[O-])c1. The molecule has 0 unspecified atom stereocenters. The molecule has 0 amide bonds. The molecule has 0 bridgehead atoms. The van der Waals surface area contributed by atoms with Crippen molar-refractivity contribution in [1.82, 2.24) is 0 Å². The molecule has 1 aromatic rings. The van der Waals surface area contributed by atoms with Crippen LogP contribution in [0.15, 0.2) is 18.2 Å². The number of aliphatic hydroxyl groups is 1. The lowest BCUT2D eigenvalue weighted by molar-refractivity contribution is -0.385. The molecule has 0 aliphatic carbocycles. The van der Waals surface area contributed by atoms with Crippen LogP contribution in [0.4, 0.5) is 11.4 Å². The molecule has 7 nitrogen and oxygen atoms in total. The Labute approximate surface area is 103 Å². The van der Waals surface area contributed by atoms with E-state index in [1.165, 1.54) is 6.07 Å². The molecule has 0 saturated heterocycles. The topological polar surface area (TPSA) is 113 Å². The van der Waals surface area contributed by atoms with Gasteiger partial charge in [0.2, 0.25) is 0 Å². The highest BCUT2D eigenvalue weighted by molar-refractivity contribution is 5.93. The number of hydrogen-bond acceptors (Lipinski definition) is 5. The van der Waals surface area contributed by atoms with Gasteiger partial charge < -0.3 is 15.5 Å². The largest absolute Gasteiger partial charge is 0.477 e. The van der Waals surface area contributed by atoms with Gasteiger partial charge in [0, 0.05) is 18.3 Å². The van der Waals surface area contributed by atoms with E-state index in [0.29, 0.717) is 5.69 Å². The molecule has 0 aliphatic heterocycles. The standard InChI is InChI=1S/C11H14N2O5/c1-11(2,16)6-12-7-3-4-8(10(14)15)9(5-7)13(17)18/h3-5,12,16H,6H2,1-2H3,(H,14,15). The third-order valence-corrected chi connectivity index (χ3v) is 2.15. The zero-order valence-electron chi connectivity index (χ0n) is 10.0. The monoisotopic (exact) mass is 254 g/mol. The number of anilines is 1. The van der Waals surface area contributed by atoms with Crippen LogP contribution in [0.2, 0.25) is 0 Å². The molecule has 7 heteroatoms. The summed E-state index contributed by atoms with van der Waals surface area (Å²) in [6.07, 6.45) is 0. The normalized spacial score (nSPS) is 11.1. The van der Waals surface area contributed by atoms with Crippen molar-refractivity contribution in [2.45, 2.75) is 19.4 Å². The summed E-state index contributed by atoms with van der Waals surface area (Å²) in [6, 6.07) is 3.71. The first-order valence-electron chi connectivity index (χ1n) is 5.19. The first-order valence-corrected chi connectivity index (χ1v) is 5.19. The predicted octanol–water partition coefficient (Wildman–Crippen LogP) is 1.48. The lowest BCUT2D eigenvalue weighted by Gasteiger charge is -2.18. The average Bonchev–Trinajstić information content (AvgIpc) is 2.24. The molecule has 1 aromatic carbocycles. The van der Waals surface area contributed by atoms with Crippen molar-refractivity contribution >= 4 is 17.3 Å². The summed E-state index contributed by atoms with van der Waals surface area (Å²) in [5.74, 6) is -1.35. The van der Waals surface area contributed by atoms with Gasteiger partial charge >= 0.3 is 5.97 Å². The van der Waals surface area contributed by atoms with Crippen molar-refractivity contribution in [3.05, 3.63) is 33.9 Å². The van der Waals surface area contributed by atoms with Crippen LogP contribution in [0.25, 0.3) is 0 Å². The summed E-state index contributed by atoms with van der Waals surface area (Å²) in [5, 5.41) is 31.9. The molecule has 18 heavy (non-hydrogen) atoms. The minimum atomic E-state index is -1.35. The second-order valence-corrected chi connectivity index (χ2v) is 4.46. The Morgan fingerprint density at radius 3 is 2.56 bits per heavy atom. The number of carbonyl (C=O) groups is 1. The Balaban J connectivity index is 3.01. The quantitative estimate of drug-likeness (QED) is 0.541. The van der Waals surface area contributed by atoms with Crippen LogP contribution in [0.1, 0.15) is 24.2 Å². The summed E-state index contributed by atoms with van der Waals surface area (Å²) >= 11 is 0. The number of aromatic carboxylic acids is 1. The Morgan fingerprint density at radius 2 is 2.11 bits per heavy atom. The van der Waals surface area contributed by atoms with Crippen LogP contribution in [-0.4, -0.2) is 33.3 Å². The zero-order valence-corrected chi connectivity index (χ0v) is 10.0. The maximum Gasteiger partial charge on any atom is 0.342 e. The number of rotatable bonds is 5. The molecule has 0 radical (unpaired) electrons. The van der Waals surface area contributed by atoms with Gasteiger partial charge in [-0.05, 0) is 26.0 Å². The van der Waals surface area contributed by atoms with Gasteiger partial charge in [0.1, 0.15) is 5.56 Å². The summed E-state index contributed by atoms with van der Waals surface area (Å²) < 4.78 is 0. The lowest BCUT2D eigenvalue weighted by atomic mass is 10.1. The van der Waals surface area contributed by atoms with E-state index in [9.17, 15) is 20.0 Å². The van der Waals surface area contributed by atoms with Gasteiger partial charge in [0.05, 0.1) is 10.5 Å². The van der Waals surface area contributed by atoms with E-state index < -0.39 is 22.2 Å². The summed E-state index contributed by atoms with van der Waals surface area (Å²) in [7, 11) is 0. The van der Waals surface area contributed by atoms with E-state index in [2.05, 4.69) is 5.32 Å². The van der Waals surface area contributed by atoms with Crippen LogP contribution in [0, 0.1) is 10.1 Å². The van der Waals surface area contributed by atoms with Gasteiger partial charge in [0.15, 0.2) is 0 Å². The van der Waals surface area contributed by atoms with Crippen molar-refractivity contribution in [1.29, 1.82) is 0 Å². The molecular weight excluding hydrogens is 240 g/mol. The number of hydrogen-bond donors (Lipinski definition) is 3. The van der Waals surface area contributed by atoms with Crippen molar-refractivity contribution < 1.29 is 19.9 Å². The number of benzene rings is 1. The first kappa shape index (κ1) is 13.9. The van der Waals surface area contributed by atoms with Crippen molar-refractivity contribution in [2.24, 2.45) is 0 Å². The second-order valence-electron chi connectivity index (χ2n) is 4.46. The molecule has 1 rings (SSSR count). The van der Waals surface area contributed by atoms with Gasteiger partial charge in [0.25, 0.3) is 5.69 Å². The molecule has 0 spiro atoms. The highest BCUT2D eigenvalue weighted by atomic mass is 16.6. The van der Waals surface area contributed by atoms with E-state index in [1.54, 1.807) is 13.8 Å². The van der Waals surface area contributed by atoms with Gasteiger partial charge in [-0.15, -0.1) is 0 Å². The van der Waals surface area contributed by atoms with Gasteiger partial charge in [-0.1, -0.05) is 0 Å². The fourth-order valence-corrected chi connectivity index (χ4v) is 1.29. The van der Waals surface area contributed by atoms with Crippen molar-refractivity contribution in [3.63, 3.8) is 0 Å².